The molecule has 0 bridgehead atoms. The molecule has 0 aromatic heterocycles. The Hall–Kier alpha value is -2.17. The van der Waals surface area contributed by atoms with Crippen LogP contribution in [0.3, 0.4) is 0 Å². The van der Waals surface area contributed by atoms with Gasteiger partial charge in [0.2, 0.25) is 5.91 Å². The highest BCUT2D eigenvalue weighted by Crippen LogP contribution is 2.28. The zero-order chi connectivity index (χ0) is 13.3. The third-order valence-corrected chi connectivity index (χ3v) is 2.88. The average Bonchev–Trinajstić information content (AvgIpc) is 2.64. The van der Waals surface area contributed by atoms with Crippen molar-refractivity contribution < 1.29 is 19.1 Å². The zero-order valence-electron chi connectivity index (χ0n) is 10.2. The molecule has 1 heterocycles. The number of ether oxygens (including phenoxy) is 1. The summed E-state index contributed by atoms with van der Waals surface area (Å²) in [7, 11) is 1.68. The van der Waals surface area contributed by atoms with Gasteiger partial charge in [0.05, 0.1) is 13.0 Å². The molecule has 0 saturated carbocycles. The Labute approximate surface area is 104 Å². The number of likely N-dealkylation sites (N-methyl/N-ethyl adjacent to an activating group) is 1. The summed E-state index contributed by atoms with van der Waals surface area (Å²) in [6, 6.07) is 4.79. The summed E-state index contributed by atoms with van der Waals surface area (Å²) >= 11 is 0. The van der Waals surface area contributed by atoms with Crippen molar-refractivity contribution in [3.05, 3.63) is 29.3 Å². The van der Waals surface area contributed by atoms with Gasteiger partial charge in [-0.3, -0.25) is 9.59 Å². The number of rotatable bonds is 3. The molecule has 1 aromatic carbocycles. The van der Waals surface area contributed by atoms with E-state index in [1.807, 2.05) is 0 Å². The molecule has 1 aliphatic rings. The molecule has 5 heteroatoms. The summed E-state index contributed by atoms with van der Waals surface area (Å²) in [5.41, 5.74) is 1.80. The van der Waals surface area contributed by atoms with Crippen molar-refractivity contribution in [3.63, 3.8) is 0 Å². The first kappa shape index (κ1) is 12.3. The molecule has 0 fully saturated rings. The molecule has 1 aliphatic heterocycles. The number of fused-ring (bicyclic) bond motifs is 1. The number of nitrogens with zero attached hydrogens (tertiary/aromatic N) is 1. The fraction of sp³-hybridized carbons (Fsp3) is 0.308. The van der Waals surface area contributed by atoms with Gasteiger partial charge in [-0.25, -0.2) is 4.79 Å². The number of ketones is 1. The van der Waals surface area contributed by atoms with Gasteiger partial charge >= 0.3 is 5.97 Å². The lowest BCUT2D eigenvalue weighted by Gasteiger charge is -2.10. The summed E-state index contributed by atoms with van der Waals surface area (Å²) in [6.45, 7) is 1.80. The minimum absolute atomic E-state index is 0.0225. The highest BCUT2D eigenvalue weighted by molar-refractivity contribution is 6.40. The number of carbonyl (C=O) groups excluding carboxylic acids is 3. The van der Waals surface area contributed by atoms with Crippen LogP contribution in [-0.2, 0) is 20.7 Å². The molecule has 2 rings (SSSR count). The Bertz CT molecular complexity index is 536. The van der Waals surface area contributed by atoms with Crippen molar-refractivity contribution in [3.8, 4) is 0 Å². The molecular formula is C13H13NO4. The van der Waals surface area contributed by atoms with Gasteiger partial charge in [0, 0.05) is 18.3 Å². The molecular weight excluding hydrogens is 234 g/mol. The lowest BCUT2D eigenvalue weighted by atomic mass is 10.1. The Morgan fingerprint density at radius 1 is 1.39 bits per heavy atom. The monoisotopic (exact) mass is 247 g/mol. The molecule has 0 aliphatic carbocycles. The van der Waals surface area contributed by atoms with E-state index in [1.54, 1.807) is 26.1 Å². The molecule has 0 unspecified atom stereocenters. The van der Waals surface area contributed by atoms with Crippen LogP contribution in [0.1, 0.15) is 22.8 Å². The van der Waals surface area contributed by atoms with Crippen molar-refractivity contribution in [1.82, 2.24) is 0 Å². The maximum atomic E-state index is 11.7. The second kappa shape index (κ2) is 4.60. The smallest absolute Gasteiger partial charge is 0.379 e. The maximum Gasteiger partial charge on any atom is 0.379 e. The fourth-order valence-corrected chi connectivity index (χ4v) is 1.93. The highest BCUT2D eigenvalue weighted by Gasteiger charge is 2.26. The van der Waals surface area contributed by atoms with Gasteiger partial charge in [-0.15, -0.1) is 0 Å². The lowest BCUT2D eigenvalue weighted by molar-refractivity contribution is -0.137. The van der Waals surface area contributed by atoms with Crippen LogP contribution in [-0.4, -0.2) is 31.3 Å². The molecule has 1 aromatic rings. The van der Waals surface area contributed by atoms with E-state index in [2.05, 4.69) is 4.74 Å². The molecule has 0 saturated heterocycles. The number of benzene rings is 1. The first-order valence-electron chi connectivity index (χ1n) is 5.65. The van der Waals surface area contributed by atoms with Crippen LogP contribution in [0, 0.1) is 0 Å². The van der Waals surface area contributed by atoms with E-state index in [1.165, 1.54) is 11.0 Å². The molecule has 5 nitrogen and oxygen atoms in total. The quantitative estimate of drug-likeness (QED) is 0.453. The van der Waals surface area contributed by atoms with E-state index in [9.17, 15) is 14.4 Å². The Balaban J connectivity index is 2.28. The van der Waals surface area contributed by atoms with Gasteiger partial charge in [-0.1, -0.05) is 0 Å². The van der Waals surface area contributed by atoms with Gasteiger partial charge in [0.25, 0.3) is 5.78 Å². The molecule has 1 amide bonds. The van der Waals surface area contributed by atoms with Crippen molar-refractivity contribution in [2.24, 2.45) is 0 Å². The van der Waals surface area contributed by atoms with E-state index in [4.69, 9.17) is 0 Å². The number of hydrogen-bond acceptors (Lipinski definition) is 4. The van der Waals surface area contributed by atoms with Crippen LogP contribution in [0.5, 0.6) is 0 Å². The molecule has 0 N–H and O–H groups in total. The standard InChI is InChI=1S/C13H13NO4/c1-3-18-13(17)12(16)8-4-5-10-9(6-8)7-11(15)14(10)2/h4-6H,3,7H2,1-2H3. The number of Topliss-reactive ketones (excluding diaryl/α,β-unsaturated/α-hetero) is 1. The predicted molar refractivity (Wildman–Crippen MR) is 64.5 cm³/mol. The van der Waals surface area contributed by atoms with Gasteiger partial charge < -0.3 is 9.64 Å². The van der Waals surface area contributed by atoms with Crippen molar-refractivity contribution in [2.45, 2.75) is 13.3 Å². The van der Waals surface area contributed by atoms with Crippen LogP contribution in [0.4, 0.5) is 5.69 Å². The number of esters is 1. The second-order valence-electron chi connectivity index (χ2n) is 4.02. The summed E-state index contributed by atoms with van der Waals surface area (Å²) in [5.74, 6) is -1.57. The normalized spacial score (nSPS) is 13.4. The topological polar surface area (TPSA) is 63.7 Å². The average molecular weight is 247 g/mol. The van der Waals surface area contributed by atoms with Crippen LogP contribution in [0.25, 0.3) is 0 Å². The second-order valence-corrected chi connectivity index (χ2v) is 4.02. The Morgan fingerprint density at radius 3 is 2.78 bits per heavy atom. The zero-order valence-corrected chi connectivity index (χ0v) is 10.2. The summed E-state index contributed by atoms with van der Waals surface area (Å²) in [4.78, 5) is 36.1. The molecule has 0 radical (unpaired) electrons. The summed E-state index contributed by atoms with van der Waals surface area (Å²) in [5, 5.41) is 0. The number of amides is 1. The number of carbonyl (C=O) groups is 3. The summed E-state index contributed by atoms with van der Waals surface area (Å²) in [6.07, 6.45) is 0.260. The van der Waals surface area contributed by atoms with Crippen molar-refractivity contribution in [1.29, 1.82) is 0 Å². The largest absolute Gasteiger partial charge is 0.460 e. The van der Waals surface area contributed by atoms with Crippen LogP contribution >= 0.6 is 0 Å². The van der Waals surface area contributed by atoms with Gasteiger partial charge in [-0.2, -0.15) is 0 Å². The molecule has 0 atom stereocenters. The minimum Gasteiger partial charge on any atom is -0.460 e. The van der Waals surface area contributed by atoms with E-state index in [0.717, 1.165) is 11.3 Å². The first-order valence-corrected chi connectivity index (χ1v) is 5.65. The third kappa shape index (κ3) is 1.99. The minimum atomic E-state index is -0.866. The SMILES string of the molecule is CCOC(=O)C(=O)c1ccc2c(c1)CC(=O)N2C. The lowest BCUT2D eigenvalue weighted by Crippen LogP contribution is -2.20. The molecule has 94 valence electrons. The van der Waals surface area contributed by atoms with Crippen LogP contribution < -0.4 is 4.90 Å². The van der Waals surface area contributed by atoms with Crippen molar-refractivity contribution >= 4 is 23.3 Å². The Kier molecular flexibility index (Phi) is 3.14. The van der Waals surface area contributed by atoms with E-state index in [0.29, 0.717) is 0 Å². The number of hydrogen-bond donors (Lipinski definition) is 0. The molecule has 0 spiro atoms. The van der Waals surface area contributed by atoms with Crippen LogP contribution in [0.2, 0.25) is 0 Å². The fourth-order valence-electron chi connectivity index (χ4n) is 1.93. The Morgan fingerprint density at radius 2 is 2.11 bits per heavy atom. The third-order valence-electron chi connectivity index (χ3n) is 2.88. The van der Waals surface area contributed by atoms with E-state index >= 15 is 0 Å². The van der Waals surface area contributed by atoms with Gasteiger partial charge in [0.15, 0.2) is 0 Å². The predicted octanol–water partition coefficient (Wildman–Crippen LogP) is 0.951. The van der Waals surface area contributed by atoms with Gasteiger partial charge in [-0.05, 0) is 30.7 Å². The van der Waals surface area contributed by atoms with E-state index in [-0.39, 0.29) is 24.5 Å². The highest BCUT2D eigenvalue weighted by atomic mass is 16.5. The molecule has 18 heavy (non-hydrogen) atoms. The van der Waals surface area contributed by atoms with E-state index < -0.39 is 11.8 Å². The summed E-state index contributed by atoms with van der Waals surface area (Å²) < 4.78 is 4.65. The number of anilines is 1. The maximum absolute atomic E-state index is 11.7. The van der Waals surface area contributed by atoms with Gasteiger partial charge in [0.1, 0.15) is 0 Å². The van der Waals surface area contributed by atoms with Crippen molar-refractivity contribution in [2.75, 3.05) is 18.6 Å². The first-order chi connectivity index (χ1) is 8.54. The van der Waals surface area contributed by atoms with Crippen LogP contribution in [0.15, 0.2) is 18.2 Å².